The summed E-state index contributed by atoms with van der Waals surface area (Å²) in [6.07, 6.45) is 2.43. The molecule has 2 N–H and O–H groups in total. The number of hydrogen-bond acceptors (Lipinski definition) is 6. The van der Waals surface area contributed by atoms with Gasteiger partial charge in [0.1, 0.15) is 6.61 Å². The minimum Gasteiger partial charge on any atom is -0.474 e. The van der Waals surface area contributed by atoms with Crippen LogP contribution in [0.4, 0.5) is 5.95 Å². The van der Waals surface area contributed by atoms with Crippen LogP contribution in [0.25, 0.3) is 0 Å². The van der Waals surface area contributed by atoms with Crippen LogP contribution in [0, 0.1) is 0 Å². The highest BCUT2D eigenvalue weighted by atomic mass is 79.9. The molecule has 0 amide bonds. The van der Waals surface area contributed by atoms with Crippen molar-refractivity contribution >= 4 is 21.9 Å². The van der Waals surface area contributed by atoms with Gasteiger partial charge in [-0.2, -0.15) is 4.98 Å². The number of aromatic nitrogens is 2. The fourth-order valence-corrected chi connectivity index (χ4v) is 1.38. The molecule has 6 nitrogen and oxygen atoms in total. The van der Waals surface area contributed by atoms with Gasteiger partial charge in [0.05, 0.1) is 17.3 Å². The number of ether oxygens (including phenoxy) is 3. The van der Waals surface area contributed by atoms with Gasteiger partial charge in [0.2, 0.25) is 11.8 Å². The van der Waals surface area contributed by atoms with Crippen LogP contribution in [0.2, 0.25) is 0 Å². The molecule has 0 aliphatic rings. The molecule has 0 bridgehead atoms. The lowest BCUT2D eigenvalue weighted by Gasteiger charge is -2.07. The van der Waals surface area contributed by atoms with Crippen LogP contribution >= 0.6 is 15.9 Å². The molecule has 0 fully saturated rings. The summed E-state index contributed by atoms with van der Waals surface area (Å²) in [5.41, 5.74) is 5.44. The number of rotatable bonds is 8. The molecule has 7 heteroatoms. The minimum atomic E-state index is 0.184. The summed E-state index contributed by atoms with van der Waals surface area (Å²) in [4.78, 5) is 7.75. The third kappa shape index (κ3) is 5.81. The molecular weight excluding hydrogens is 290 g/mol. The van der Waals surface area contributed by atoms with E-state index in [0.29, 0.717) is 36.8 Å². The number of methoxy groups -OCH3 is 1. The highest BCUT2D eigenvalue weighted by Crippen LogP contribution is 2.21. The predicted molar refractivity (Wildman–Crippen MR) is 67.0 cm³/mol. The Hall–Kier alpha value is -0.920. The number of nitrogen functional groups attached to an aromatic ring is 1. The van der Waals surface area contributed by atoms with Gasteiger partial charge in [0.25, 0.3) is 0 Å². The van der Waals surface area contributed by atoms with Gasteiger partial charge in [-0.3, -0.25) is 0 Å². The maximum absolute atomic E-state index is 5.44. The van der Waals surface area contributed by atoms with Crippen molar-refractivity contribution in [1.29, 1.82) is 0 Å². The molecule has 17 heavy (non-hydrogen) atoms. The van der Waals surface area contributed by atoms with Crippen molar-refractivity contribution in [3.05, 3.63) is 10.7 Å². The van der Waals surface area contributed by atoms with Crippen molar-refractivity contribution in [2.45, 2.75) is 6.42 Å². The van der Waals surface area contributed by atoms with Gasteiger partial charge in [-0.25, -0.2) is 4.98 Å². The summed E-state index contributed by atoms with van der Waals surface area (Å²) in [6.45, 7) is 2.28. The van der Waals surface area contributed by atoms with Gasteiger partial charge >= 0.3 is 0 Å². The van der Waals surface area contributed by atoms with E-state index in [1.807, 2.05) is 0 Å². The van der Waals surface area contributed by atoms with Crippen LogP contribution in [0.3, 0.4) is 0 Å². The van der Waals surface area contributed by atoms with Crippen LogP contribution in [-0.4, -0.2) is 43.5 Å². The zero-order valence-electron chi connectivity index (χ0n) is 9.69. The highest BCUT2D eigenvalue weighted by molar-refractivity contribution is 9.10. The first-order chi connectivity index (χ1) is 8.24. The number of hydrogen-bond donors (Lipinski definition) is 1. The molecule has 0 aromatic carbocycles. The SMILES string of the molecule is COCCCOCCOc1nc(N)ncc1Br. The van der Waals surface area contributed by atoms with Gasteiger partial charge < -0.3 is 19.9 Å². The third-order valence-electron chi connectivity index (χ3n) is 1.83. The summed E-state index contributed by atoms with van der Waals surface area (Å²) in [6, 6.07) is 0. The number of nitrogens with zero attached hydrogens (tertiary/aromatic N) is 2. The summed E-state index contributed by atoms with van der Waals surface area (Å²) in [5, 5.41) is 0. The third-order valence-corrected chi connectivity index (χ3v) is 2.38. The summed E-state index contributed by atoms with van der Waals surface area (Å²) >= 11 is 3.27. The number of halogens is 1. The standard InChI is InChI=1S/C10H16BrN3O3/c1-15-3-2-4-16-5-6-17-9-8(11)7-13-10(12)14-9/h7H,2-6H2,1H3,(H2,12,13,14). The first-order valence-electron chi connectivity index (χ1n) is 5.21. The van der Waals surface area contributed by atoms with E-state index in [1.54, 1.807) is 13.3 Å². The van der Waals surface area contributed by atoms with Gasteiger partial charge in [-0.1, -0.05) is 0 Å². The Balaban J connectivity index is 2.15. The lowest BCUT2D eigenvalue weighted by Crippen LogP contribution is -2.10. The molecule has 96 valence electrons. The lowest BCUT2D eigenvalue weighted by atomic mass is 10.5. The molecule has 0 spiro atoms. The highest BCUT2D eigenvalue weighted by Gasteiger charge is 2.03. The van der Waals surface area contributed by atoms with Gasteiger partial charge in [0, 0.05) is 20.3 Å². The minimum absolute atomic E-state index is 0.184. The van der Waals surface area contributed by atoms with Crippen molar-refractivity contribution in [2.24, 2.45) is 0 Å². The van der Waals surface area contributed by atoms with E-state index in [9.17, 15) is 0 Å². The maximum atomic E-state index is 5.44. The van der Waals surface area contributed by atoms with Gasteiger partial charge in [-0.05, 0) is 22.4 Å². The molecule has 0 saturated heterocycles. The van der Waals surface area contributed by atoms with Crippen molar-refractivity contribution in [3.63, 3.8) is 0 Å². The predicted octanol–water partition coefficient (Wildman–Crippen LogP) is 1.25. The number of anilines is 1. The molecule has 0 unspecified atom stereocenters. The van der Waals surface area contributed by atoms with Crippen LogP contribution < -0.4 is 10.5 Å². The number of nitrogens with two attached hydrogens (primary N) is 1. The molecule has 0 aliphatic carbocycles. The Morgan fingerprint density at radius 3 is 2.88 bits per heavy atom. The van der Waals surface area contributed by atoms with E-state index in [4.69, 9.17) is 19.9 Å². The molecule has 1 aromatic heterocycles. The van der Waals surface area contributed by atoms with Crippen molar-refractivity contribution in [2.75, 3.05) is 39.3 Å². The van der Waals surface area contributed by atoms with E-state index < -0.39 is 0 Å². The fraction of sp³-hybridized carbons (Fsp3) is 0.600. The Morgan fingerprint density at radius 2 is 2.12 bits per heavy atom. The van der Waals surface area contributed by atoms with E-state index in [1.165, 1.54) is 0 Å². The fourth-order valence-electron chi connectivity index (χ4n) is 1.07. The van der Waals surface area contributed by atoms with Gasteiger partial charge in [-0.15, -0.1) is 0 Å². The van der Waals surface area contributed by atoms with Crippen LogP contribution in [0.15, 0.2) is 10.7 Å². The first kappa shape index (κ1) is 14.1. The Labute approximate surface area is 109 Å². The summed E-state index contributed by atoms with van der Waals surface area (Å²) in [5.74, 6) is 0.613. The average Bonchev–Trinajstić information content (AvgIpc) is 2.32. The monoisotopic (exact) mass is 305 g/mol. The first-order valence-corrected chi connectivity index (χ1v) is 6.01. The van der Waals surface area contributed by atoms with E-state index in [0.717, 1.165) is 6.42 Å². The zero-order chi connectivity index (χ0) is 12.5. The average molecular weight is 306 g/mol. The lowest BCUT2D eigenvalue weighted by molar-refractivity contribution is 0.0793. The summed E-state index contributed by atoms with van der Waals surface area (Å²) in [7, 11) is 1.67. The van der Waals surface area contributed by atoms with Crippen molar-refractivity contribution in [3.8, 4) is 5.88 Å². The van der Waals surface area contributed by atoms with E-state index in [2.05, 4.69) is 25.9 Å². The smallest absolute Gasteiger partial charge is 0.232 e. The molecule has 0 aliphatic heterocycles. The second-order valence-corrected chi connectivity index (χ2v) is 4.04. The molecule has 0 atom stereocenters. The van der Waals surface area contributed by atoms with E-state index >= 15 is 0 Å². The van der Waals surface area contributed by atoms with Crippen molar-refractivity contribution in [1.82, 2.24) is 9.97 Å². The van der Waals surface area contributed by atoms with Crippen LogP contribution in [-0.2, 0) is 9.47 Å². The topological polar surface area (TPSA) is 79.5 Å². The van der Waals surface area contributed by atoms with Crippen LogP contribution in [0.1, 0.15) is 6.42 Å². The van der Waals surface area contributed by atoms with Crippen molar-refractivity contribution < 1.29 is 14.2 Å². The molecule has 1 heterocycles. The maximum Gasteiger partial charge on any atom is 0.232 e. The van der Waals surface area contributed by atoms with Gasteiger partial charge in [0.15, 0.2) is 0 Å². The summed E-state index contributed by atoms with van der Waals surface area (Å²) < 4.78 is 16.3. The largest absolute Gasteiger partial charge is 0.474 e. The molecule has 1 aromatic rings. The second-order valence-electron chi connectivity index (χ2n) is 3.19. The quantitative estimate of drug-likeness (QED) is 0.728. The Kier molecular flexibility index (Phi) is 6.83. The molecule has 1 rings (SSSR count). The van der Waals surface area contributed by atoms with E-state index in [-0.39, 0.29) is 5.95 Å². The Morgan fingerprint density at radius 1 is 1.29 bits per heavy atom. The van der Waals surface area contributed by atoms with Crippen LogP contribution in [0.5, 0.6) is 5.88 Å². The molecule has 0 saturated carbocycles. The zero-order valence-corrected chi connectivity index (χ0v) is 11.3. The second kappa shape index (κ2) is 8.21. The molecular formula is C10H16BrN3O3. The normalized spacial score (nSPS) is 10.5. The molecule has 0 radical (unpaired) electrons. The Bertz CT molecular complexity index is 339.